The van der Waals surface area contributed by atoms with Crippen LogP contribution in [-0.4, -0.2) is 29.6 Å². The minimum absolute atomic E-state index is 0.141. The summed E-state index contributed by atoms with van der Waals surface area (Å²) < 4.78 is 13.3. The highest BCUT2D eigenvalue weighted by Gasteiger charge is 2.34. The number of benzene rings is 1. The van der Waals surface area contributed by atoms with Gasteiger partial charge in [0, 0.05) is 31.2 Å². The van der Waals surface area contributed by atoms with E-state index in [2.05, 4.69) is 31.0 Å². The molecule has 0 aromatic heterocycles. The molecule has 1 N–H and O–H groups in total. The molecule has 1 aromatic rings. The van der Waals surface area contributed by atoms with Crippen molar-refractivity contribution in [1.82, 2.24) is 10.2 Å². The molecule has 3 heteroatoms. The largest absolute Gasteiger partial charge is 0.308 e. The highest BCUT2D eigenvalue weighted by molar-refractivity contribution is 5.16. The molecule has 0 aliphatic carbocycles. The molecule has 0 radical (unpaired) electrons. The van der Waals surface area contributed by atoms with E-state index in [9.17, 15) is 4.39 Å². The molecule has 0 spiro atoms. The highest BCUT2D eigenvalue weighted by Crippen LogP contribution is 2.24. The van der Waals surface area contributed by atoms with Crippen LogP contribution in [0.5, 0.6) is 0 Å². The van der Waals surface area contributed by atoms with Crippen LogP contribution in [0.1, 0.15) is 39.2 Å². The van der Waals surface area contributed by atoms with Gasteiger partial charge in [0.05, 0.1) is 0 Å². The van der Waals surface area contributed by atoms with Crippen molar-refractivity contribution in [3.05, 3.63) is 35.6 Å². The summed E-state index contributed by atoms with van der Waals surface area (Å²) in [5.41, 5.74) is 1.29. The molecule has 106 valence electrons. The molecule has 2 nitrogen and oxygen atoms in total. The van der Waals surface area contributed by atoms with Crippen molar-refractivity contribution >= 4 is 0 Å². The molecular formula is C16H25FN2. The van der Waals surface area contributed by atoms with E-state index in [1.807, 2.05) is 6.07 Å². The summed E-state index contributed by atoms with van der Waals surface area (Å²) in [5, 5.41) is 3.69. The highest BCUT2D eigenvalue weighted by atomic mass is 19.1. The number of piperazine rings is 1. The van der Waals surface area contributed by atoms with E-state index in [0.29, 0.717) is 6.04 Å². The molecule has 0 amide bonds. The molecule has 2 rings (SSSR count). The summed E-state index contributed by atoms with van der Waals surface area (Å²) in [5.74, 6) is -0.141. The van der Waals surface area contributed by atoms with Crippen molar-refractivity contribution in [3.8, 4) is 0 Å². The Labute approximate surface area is 116 Å². The van der Waals surface area contributed by atoms with Gasteiger partial charge >= 0.3 is 0 Å². The first kappa shape index (κ1) is 14.5. The predicted molar refractivity (Wildman–Crippen MR) is 77.6 cm³/mol. The van der Waals surface area contributed by atoms with E-state index >= 15 is 0 Å². The van der Waals surface area contributed by atoms with Crippen LogP contribution in [0.3, 0.4) is 0 Å². The molecule has 1 aliphatic heterocycles. The van der Waals surface area contributed by atoms with Crippen LogP contribution in [0.2, 0.25) is 0 Å². The van der Waals surface area contributed by atoms with Crippen molar-refractivity contribution in [3.63, 3.8) is 0 Å². The summed E-state index contributed by atoms with van der Waals surface area (Å²) in [6, 6.07) is 7.46. The van der Waals surface area contributed by atoms with Gasteiger partial charge in [-0.05, 0) is 37.5 Å². The summed E-state index contributed by atoms with van der Waals surface area (Å²) in [7, 11) is 0. The average Bonchev–Trinajstić information content (AvgIpc) is 2.42. The lowest BCUT2D eigenvalue weighted by molar-refractivity contribution is 0.0745. The summed E-state index contributed by atoms with van der Waals surface area (Å²) >= 11 is 0. The lowest BCUT2D eigenvalue weighted by Crippen LogP contribution is -2.62. The van der Waals surface area contributed by atoms with Gasteiger partial charge in [-0.2, -0.15) is 0 Å². The van der Waals surface area contributed by atoms with Crippen molar-refractivity contribution in [1.29, 1.82) is 0 Å². The molecule has 1 saturated heterocycles. The Bertz CT molecular complexity index is 415. The maximum Gasteiger partial charge on any atom is 0.123 e. The predicted octanol–water partition coefficient (Wildman–Crippen LogP) is 3.18. The van der Waals surface area contributed by atoms with Crippen LogP contribution < -0.4 is 5.32 Å². The van der Waals surface area contributed by atoms with Gasteiger partial charge < -0.3 is 5.32 Å². The standard InChI is InChI=1S/C16H25FN2/c1-4-16(5-2)12-19(13(3)10-18-16)11-14-7-6-8-15(17)9-14/h6-9,13,18H,4-5,10-12H2,1-3H3. The van der Waals surface area contributed by atoms with Gasteiger partial charge in [0.15, 0.2) is 0 Å². The number of halogens is 1. The molecular weight excluding hydrogens is 239 g/mol. The molecule has 1 heterocycles. The third-order valence-electron chi connectivity index (χ3n) is 4.53. The smallest absolute Gasteiger partial charge is 0.123 e. The molecule has 1 unspecified atom stereocenters. The molecule has 1 fully saturated rings. The summed E-state index contributed by atoms with van der Waals surface area (Å²) in [6.45, 7) is 9.61. The summed E-state index contributed by atoms with van der Waals surface area (Å²) in [4.78, 5) is 2.47. The van der Waals surface area contributed by atoms with E-state index in [1.54, 1.807) is 12.1 Å². The van der Waals surface area contributed by atoms with Gasteiger partial charge in [-0.25, -0.2) is 4.39 Å². The Balaban J connectivity index is 2.09. The van der Waals surface area contributed by atoms with Gasteiger partial charge in [-0.1, -0.05) is 26.0 Å². The number of rotatable bonds is 4. The average molecular weight is 264 g/mol. The molecule has 19 heavy (non-hydrogen) atoms. The Morgan fingerprint density at radius 1 is 1.37 bits per heavy atom. The van der Waals surface area contributed by atoms with Crippen molar-refractivity contribution < 1.29 is 4.39 Å². The van der Waals surface area contributed by atoms with E-state index in [1.165, 1.54) is 6.07 Å². The Morgan fingerprint density at radius 3 is 2.74 bits per heavy atom. The second kappa shape index (κ2) is 6.02. The zero-order valence-electron chi connectivity index (χ0n) is 12.2. The van der Waals surface area contributed by atoms with Crippen LogP contribution in [0.4, 0.5) is 4.39 Å². The van der Waals surface area contributed by atoms with E-state index < -0.39 is 0 Å². The van der Waals surface area contributed by atoms with Crippen molar-refractivity contribution in [2.75, 3.05) is 13.1 Å². The van der Waals surface area contributed by atoms with Crippen molar-refractivity contribution in [2.45, 2.75) is 51.7 Å². The molecule has 1 aromatic carbocycles. The first-order chi connectivity index (χ1) is 9.08. The fourth-order valence-corrected chi connectivity index (χ4v) is 2.90. The first-order valence-electron chi connectivity index (χ1n) is 7.32. The number of hydrogen-bond donors (Lipinski definition) is 1. The minimum Gasteiger partial charge on any atom is -0.308 e. The van der Waals surface area contributed by atoms with E-state index in [0.717, 1.165) is 38.0 Å². The molecule has 1 aliphatic rings. The van der Waals surface area contributed by atoms with Gasteiger partial charge in [0.2, 0.25) is 0 Å². The topological polar surface area (TPSA) is 15.3 Å². The zero-order valence-corrected chi connectivity index (χ0v) is 12.2. The fraction of sp³-hybridized carbons (Fsp3) is 0.625. The van der Waals surface area contributed by atoms with Crippen LogP contribution in [-0.2, 0) is 6.54 Å². The third-order valence-corrected chi connectivity index (χ3v) is 4.53. The monoisotopic (exact) mass is 264 g/mol. The minimum atomic E-state index is -0.141. The van der Waals surface area contributed by atoms with E-state index in [-0.39, 0.29) is 11.4 Å². The van der Waals surface area contributed by atoms with E-state index in [4.69, 9.17) is 0 Å². The lowest BCUT2D eigenvalue weighted by Gasteiger charge is -2.46. The Hall–Kier alpha value is -0.930. The second-order valence-electron chi connectivity index (χ2n) is 5.75. The van der Waals surface area contributed by atoms with Crippen LogP contribution in [0.15, 0.2) is 24.3 Å². The quantitative estimate of drug-likeness (QED) is 0.898. The number of nitrogens with one attached hydrogen (secondary N) is 1. The SMILES string of the molecule is CCC1(CC)CN(Cc2cccc(F)c2)C(C)CN1. The maximum absolute atomic E-state index is 13.3. The van der Waals surface area contributed by atoms with Gasteiger partial charge in [0.25, 0.3) is 0 Å². The maximum atomic E-state index is 13.3. The lowest BCUT2D eigenvalue weighted by atomic mass is 9.88. The van der Waals surface area contributed by atoms with Crippen molar-refractivity contribution in [2.24, 2.45) is 0 Å². The second-order valence-corrected chi connectivity index (χ2v) is 5.75. The fourth-order valence-electron chi connectivity index (χ4n) is 2.90. The third kappa shape index (κ3) is 3.34. The normalized spacial score (nSPS) is 23.5. The summed E-state index contributed by atoms with van der Waals surface area (Å²) in [6.07, 6.45) is 2.27. The first-order valence-corrected chi connectivity index (χ1v) is 7.32. The Morgan fingerprint density at radius 2 is 2.11 bits per heavy atom. The van der Waals surface area contributed by atoms with Gasteiger partial charge in [-0.15, -0.1) is 0 Å². The van der Waals surface area contributed by atoms with Crippen LogP contribution in [0.25, 0.3) is 0 Å². The van der Waals surface area contributed by atoms with Gasteiger partial charge in [0.1, 0.15) is 5.82 Å². The van der Waals surface area contributed by atoms with Crippen LogP contribution >= 0.6 is 0 Å². The molecule has 0 bridgehead atoms. The van der Waals surface area contributed by atoms with Gasteiger partial charge in [-0.3, -0.25) is 4.90 Å². The number of nitrogens with zero attached hydrogens (tertiary/aromatic N) is 1. The number of hydrogen-bond acceptors (Lipinski definition) is 2. The zero-order chi connectivity index (χ0) is 13.9. The Kier molecular flexibility index (Phi) is 4.58. The van der Waals surface area contributed by atoms with Crippen LogP contribution in [0, 0.1) is 5.82 Å². The molecule has 1 atom stereocenters. The molecule has 0 saturated carbocycles.